The van der Waals surface area contributed by atoms with E-state index in [4.69, 9.17) is 0 Å². The Labute approximate surface area is 158 Å². The number of nitrogens with zero attached hydrogens (tertiary/aromatic N) is 4. The third kappa shape index (κ3) is 3.58. The second kappa shape index (κ2) is 7.13. The zero-order chi connectivity index (χ0) is 19.8. The first kappa shape index (κ1) is 19.1. The van der Waals surface area contributed by atoms with Gasteiger partial charge in [0.05, 0.1) is 22.5 Å². The number of hydrogen-bond donors (Lipinski definition) is 0. The van der Waals surface area contributed by atoms with Gasteiger partial charge in [0, 0.05) is 33.8 Å². The average molecular weight is 386 g/mol. The summed E-state index contributed by atoms with van der Waals surface area (Å²) in [6, 6.07) is 13.6. The molecule has 0 aliphatic carbocycles. The molecule has 0 aliphatic rings. The number of amides is 1. The van der Waals surface area contributed by atoms with Crippen molar-refractivity contribution >= 4 is 27.0 Å². The fourth-order valence-corrected chi connectivity index (χ4v) is 3.99. The van der Waals surface area contributed by atoms with Gasteiger partial charge >= 0.3 is 0 Å². The van der Waals surface area contributed by atoms with E-state index in [1.165, 1.54) is 16.3 Å². The summed E-state index contributed by atoms with van der Waals surface area (Å²) in [5.41, 5.74) is 2.04. The van der Waals surface area contributed by atoms with Crippen LogP contribution in [0.3, 0.4) is 0 Å². The Morgan fingerprint density at radius 1 is 1.07 bits per heavy atom. The molecule has 0 bridgehead atoms. The number of aryl methyl sites for hydroxylation is 1. The van der Waals surface area contributed by atoms with Crippen LogP contribution in [-0.4, -0.2) is 54.2 Å². The standard InChI is InChI=1S/C19H22N4O3S/c1-21(2)19(24)14-10-11-17-16(12-14)20-18(23(17)4)13-22(3)27(25,26)15-8-6-5-7-9-15/h5-12H,13H2,1-4H3. The van der Waals surface area contributed by atoms with Gasteiger partial charge in [-0.15, -0.1) is 0 Å². The van der Waals surface area contributed by atoms with Crippen molar-refractivity contribution in [1.82, 2.24) is 18.8 Å². The molecule has 1 aromatic heterocycles. The molecular formula is C19H22N4O3S. The van der Waals surface area contributed by atoms with Gasteiger partial charge in [-0.1, -0.05) is 18.2 Å². The highest BCUT2D eigenvalue weighted by Crippen LogP contribution is 2.21. The maximum atomic E-state index is 12.7. The van der Waals surface area contributed by atoms with Crippen molar-refractivity contribution < 1.29 is 13.2 Å². The molecule has 0 aliphatic heterocycles. The van der Waals surface area contributed by atoms with Gasteiger partial charge in [0.1, 0.15) is 5.82 Å². The molecule has 3 rings (SSSR count). The van der Waals surface area contributed by atoms with Crippen molar-refractivity contribution in [3.05, 3.63) is 59.9 Å². The Morgan fingerprint density at radius 2 is 1.74 bits per heavy atom. The quantitative estimate of drug-likeness (QED) is 0.673. The van der Waals surface area contributed by atoms with Gasteiger partial charge in [-0.25, -0.2) is 13.4 Å². The number of rotatable bonds is 5. The van der Waals surface area contributed by atoms with Gasteiger partial charge < -0.3 is 9.47 Å². The second-order valence-corrected chi connectivity index (χ2v) is 8.61. The minimum absolute atomic E-state index is 0.104. The van der Waals surface area contributed by atoms with Crippen LogP contribution >= 0.6 is 0 Å². The van der Waals surface area contributed by atoms with Crippen LogP contribution in [0.1, 0.15) is 16.2 Å². The lowest BCUT2D eigenvalue weighted by Crippen LogP contribution is -2.27. The lowest BCUT2D eigenvalue weighted by atomic mass is 10.2. The third-order valence-electron chi connectivity index (χ3n) is 4.44. The smallest absolute Gasteiger partial charge is 0.253 e. The monoisotopic (exact) mass is 386 g/mol. The highest BCUT2D eigenvalue weighted by atomic mass is 32.2. The second-order valence-electron chi connectivity index (χ2n) is 6.56. The van der Waals surface area contributed by atoms with Crippen LogP contribution in [0.25, 0.3) is 11.0 Å². The normalized spacial score (nSPS) is 11.9. The van der Waals surface area contributed by atoms with E-state index in [1.54, 1.807) is 56.6 Å². The molecule has 1 heterocycles. The lowest BCUT2D eigenvalue weighted by molar-refractivity contribution is 0.0827. The van der Waals surface area contributed by atoms with E-state index in [-0.39, 0.29) is 17.3 Å². The number of benzene rings is 2. The summed E-state index contributed by atoms with van der Waals surface area (Å²) in [5, 5.41) is 0. The lowest BCUT2D eigenvalue weighted by Gasteiger charge is -2.16. The predicted octanol–water partition coefficient (Wildman–Crippen LogP) is 2.10. The number of aromatic nitrogens is 2. The molecule has 0 spiro atoms. The first-order chi connectivity index (χ1) is 12.7. The van der Waals surface area contributed by atoms with E-state index >= 15 is 0 Å². The van der Waals surface area contributed by atoms with E-state index < -0.39 is 10.0 Å². The Bertz CT molecular complexity index is 1090. The average Bonchev–Trinajstić information content (AvgIpc) is 2.96. The van der Waals surface area contributed by atoms with Crippen molar-refractivity contribution in [2.45, 2.75) is 11.4 Å². The summed E-state index contributed by atoms with van der Waals surface area (Å²) >= 11 is 0. The SMILES string of the molecule is CN(C)C(=O)c1ccc2c(c1)nc(CN(C)S(=O)(=O)c1ccccc1)n2C. The summed E-state index contributed by atoms with van der Waals surface area (Å²) in [7, 11) is 3.15. The van der Waals surface area contributed by atoms with Gasteiger partial charge in [-0.3, -0.25) is 4.79 Å². The summed E-state index contributed by atoms with van der Waals surface area (Å²) in [6.45, 7) is 0.124. The van der Waals surface area contributed by atoms with Gasteiger partial charge in [0.15, 0.2) is 0 Å². The van der Waals surface area contributed by atoms with Crippen molar-refractivity contribution in [3.8, 4) is 0 Å². The van der Waals surface area contributed by atoms with E-state index in [2.05, 4.69) is 4.98 Å². The van der Waals surface area contributed by atoms with Crippen LogP contribution in [0.2, 0.25) is 0 Å². The molecule has 2 aromatic carbocycles. The topological polar surface area (TPSA) is 75.5 Å². The Hall–Kier alpha value is -2.71. The number of imidazole rings is 1. The van der Waals surface area contributed by atoms with Gasteiger partial charge in [-0.2, -0.15) is 4.31 Å². The Morgan fingerprint density at radius 3 is 2.37 bits per heavy atom. The fourth-order valence-electron chi connectivity index (χ4n) is 2.84. The molecule has 3 aromatic rings. The van der Waals surface area contributed by atoms with Crippen LogP contribution in [0.15, 0.2) is 53.4 Å². The van der Waals surface area contributed by atoms with Crippen LogP contribution in [0.4, 0.5) is 0 Å². The van der Waals surface area contributed by atoms with Crippen molar-refractivity contribution in [2.24, 2.45) is 7.05 Å². The van der Waals surface area contributed by atoms with Gasteiger partial charge in [-0.05, 0) is 30.3 Å². The predicted molar refractivity (Wildman–Crippen MR) is 104 cm³/mol. The minimum atomic E-state index is -3.61. The maximum absolute atomic E-state index is 12.7. The molecule has 7 nitrogen and oxygen atoms in total. The number of hydrogen-bond acceptors (Lipinski definition) is 4. The highest BCUT2D eigenvalue weighted by molar-refractivity contribution is 7.89. The molecule has 27 heavy (non-hydrogen) atoms. The fraction of sp³-hybridized carbons (Fsp3) is 0.263. The molecule has 0 saturated heterocycles. The Kier molecular flexibility index (Phi) is 5.03. The van der Waals surface area contributed by atoms with Crippen LogP contribution in [0.5, 0.6) is 0 Å². The number of fused-ring (bicyclic) bond motifs is 1. The molecule has 142 valence electrons. The molecule has 8 heteroatoms. The van der Waals surface area contributed by atoms with Crippen molar-refractivity contribution in [2.75, 3.05) is 21.1 Å². The van der Waals surface area contributed by atoms with Crippen LogP contribution < -0.4 is 0 Å². The van der Waals surface area contributed by atoms with E-state index in [0.29, 0.717) is 16.9 Å². The number of carbonyl (C=O) groups is 1. The summed E-state index contributed by atoms with van der Waals surface area (Å²) < 4.78 is 28.6. The van der Waals surface area contributed by atoms with Gasteiger partial charge in [0.2, 0.25) is 10.0 Å². The zero-order valence-electron chi connectivity index (χ0n) is 15.7. The molecule has 0 unspecified atom stereocenters. The van der Waals surface area contributed by atoms with E-state index in [1.807, 2.05) is 17.7 Å². The van der Waals surface area contributed by atoms with Crippen LogP contribution in [-0.2, 0) is 23.6 Å². The van der Waals surface area contributed by atoms with Gasteiger partial charge in [0.25, 0.3) is 5.91 Å². The summed E-state index contributed by atoms with van der Waals surface area (Å²) in [5.74, 6) is 0.495. The molecule has 0 fully saturated rings. The van der Waals surface area contributed by atoms with E-state index in [9.17, 15) is 13.2 Å². The summed E-state index contributed by atoms with van der Waals surface area (Å²) in [6.07, 6.45) is 0. The number of carbonyl (C=O) groups excluding carboxylic acids is 1. The molecule has 0 saturated carbocycles. The first-order valence-electron chi connectivity index (χ1n) is 8.40. The maximum Gasteiger partial charge on any atom is 0.253 e. The third-order valence-corrected chi connectivity index (χ3v) is 6.26. The highest BCUT2D eigenvalue weighted by Gasteiger charge is 2.23. The molecule has 0 N–H and O–H groups in total. The van der Waals surface area contributed by atoms with E-state index in [0.717, 1.165) is 5.52 Å². The van der Waals surface area contributed by atoms with Crippen LogP contribution in [0, 0.1) is 0 Å². The zero-order valence-corrected chi connectivity index (χ0v) is 16.6. The Balaban J connectivity index is 1.93. The van der Waals surface area contributed by atoms with Crippen molar-refractivity contribution in [1.29, 1.82) is 0 Å². The minimum Gasteiger partial charge on any atom is -0.345 e. The molecule has 1 amide bonds. The van der Waals surface area contributed by atoms with Crippen molar-refractivity contribution in [3.63, 3.8) is 0 Å². The molecule has 0 radical (unpaired) electrons. The first-order valence-corrected chi connectivity index (χ1v) is 9.84. The number of sulfonamides is 1. The molecular weight excluding hydrogens is 364 g/mol. The largest absolute Gasteiger partial charge is 0.345 e. The summed E-state index contributed by atoms with van der Waals surface area (Å²) in [4.78, 5) is 18.4. The molecule has 0 atom stereocenters.